The van der Waals surface area contributed by atoms with Gasteiger partial charge in [0.2, 0.25) is 5.91 Å². The minimum absolute atomic E-state index is 0.0214. The van der Waals surface area contributed by atoms with Crippen molar-refractivity contribution in [1.82, 2.24) is 5.01 Å². The number of hydrazone groups is 1. The van der Waals surface area contributed by atoms with Crippen LogP contribution in [0.4, 0.5) is 0 Å². The minimum Gasteiger partial charge on any atom is -0.497 e. The number of ether oxygens (including phenoxy) is 1. The van der Waals surface area contributed by atoms with Crippen molar-refractivity contribution in [2.45, 2.75) is 19.4 Å². The molecule has 1 aromatic rings. The van der Waals surface area contributed by atoms with Gasteiger partial charge in [0, 0.05) is 12.8 Å². The van der Waals surface area contributed by atoms with Gasteiger partial charge in [-0.05, 0) is 17.7 Å². The Labute approximate surface area is 110 Å². The van der Waals surface area contributed by atoms with Gasteiger partial charge < -0.3 is 9.84 Å². The van der Waals surface area contributed by atoms with Crippen molar-refractivity contribution < 1.29 is 19.4 Å². The van der Waals surface area contributed by atoms with E-state index in [0.29, 0.717) is 0 Å². The lowest BCUT2D eigenvalue weighted by Crippen LogP contribution is -2.33. The number of rotatable bonds is 4. The van der Waals surface area contributed by atoms with Gasteiger partial charge in [-0.25, -0.2) is 9.80 Å². The zero-order chi connectivity index (χ0) is 13.8. The van der Waals surface area contributed by atoms with Crippen LogP contribution in [0.2, 0.25) is 0 Å². The number of methoxy groups -OCH3 is 1. The number of aliphatic carboxylic acids is 1. The first-order valence-corrected chi connectivity index (χ1v) is 5.84. The molecule has 1 aromatic carbocycles. The predicted octanol–water partition coefficient (Wildman–Crippen LogP) is 1.26. The lowest BCUT2D eigenvalue weighted by atomic mass is 10.1. The number of carbonyl (C=O) groups is 2. The molecule has 19 heavy (non-hydrogen) atoms. The molecule has 6 nitrogen and oxygen atoms in total. The van der Waals surface area contributed by atoms with E-state index in [1.807, 2.05) is 12.1 Å². The van der Waals surface area contributed by atoms with Crippen LogP contribution in [-0.4, -0.2) is 34.8 Å². The summed E-state index contributed by atoms with van der Waals surface area (Å²) in [4.78, 5) is 22.5. The lowest BCUT2D eigenvalue weighted by molar-refractivity contribution is -0.133. The number of benzene rings is 1. The van der Waals surface area contributed by atoms with Crippen LogP contribution in [0, 0.1) is 0 Å². The van der Waals surface area contributed by atoms with Crippen molar-refractivity contribution in [3.05, 3.63) is 29.8 Å². The molecule has 6 heteroatoms. The van der Waals surface area contributed by atoms with Gasteiger partial charge in [0.15, 0.2) is 0 Å². The van der Waals surface area contributed by atoms with Crippen molar-refractivity contribution in [2.75, 3.05) is 7.11 Å². The molecule has 0 aromatic heterocycles. The van der Waals surface area contributed by atoms with Crippen LogP contribution in [0.5, 0.6) is 5.75 Å². The van der Waals surface area contributed by atoms with Crippen LogP contribution in [0.15, 0.2) is 29.4 Å². The molecule has 0 fully saturated rings. The average molecular weight is 262 g/mol. The van der Waals surface area contributed by atoms with Gasteiger partial charge in [0.1, 0.15) is 11.5 Å². The van der Waals surface area contributed by atoms with Gasteiger partial charge in [-0.2, -0.15) is 5.10 Å². The van der Waals surface area contributed by atoms with Gasteiger partial charge in [0.05, 0.1) is 13.7 Å². The molecule has 1 aliphatic heterocycles. The van der Waals surface area contributed by atoms with Gasteiger partial charge in [-0.3, -0.25) is 4.79 Å². The number of carboxylic acid groups (broad SMARTS) is 1. The van der Waals surface area contributed by atoms with Gasteiger partial charge in [-0.1, -0.05) is 12.1 Å². The van der Waals surface area contributed by atoms with Crippen molar-refractivity contribution in [3.8, 4) is 5.75 Å². The zero-order valence-corrected chi connectivity index (χ0v) is 10.5. The molecule has 1 N–H and O–H groups in total. The zero-order valence-electron chi connectivity index (χ0n) is 10.5. The first kappa shape index (κ1) is 13.1. The lowest BCUT2D eigenvalue weighted by Gasteiger charge is -2.22. The molecule has 100 valence electrons. The topological polar surface area (TPSA) is 79.2 Å². The second-order valence-corrected chi connectivity index (χ2v) is 4.15. The maximum atomic E-state index is 11.7. The third kappa shape index (κ3) is 3.09. The molecule has 0 bridgehead atoms. The van der Waals surface area contributed by atoms with Crippen LogP contribution in [-0.2, 0) is 16.1 Å². The van der Waals surface area contributed by atoms with Gasteiger partial charge in [0.25, 0.3) is 0 Å². The van der Waals surface area contributed by atoms with E-state index in [1.165, 1.54) is 5.01 Å². The quantitative estimate of drug-likeness (QED) is 0.885. The summed E-state index contributed by atoms with van der Waals surface area (Å²) >= 11 is 0. The van der Waals surface area contributed by atoms with E-state index in [9.17, 15) is 9.59 Å². The Balaban J connectivity index is 2.13. The highest BCUT2D eigenvalue weighted by molar-refractivity contribution is 6.36. The number of carbonyl (C=O) groups excluding carboxylic acids is 1. The highest BCUT2D eigenvalue weighted by Gasteiger charge is 2.23. The Morgan fingerprint density at radius 3 is 2.63 bits per heavy atom. The third-order valence-corrected chi connectivity index (χ3v) is 2.84. The molecule has 2 rings (SSSR count). The van der Waals surface area contributed by atoms with Crippen molar-refractivity contribution in [2.24, 2.45) is 5.10 Å². The third-order valence-electron chi connectivity index (χ3n) is 2.84. The molecule has 1 amide bonds. The second-order valence-electron chi connectivity index (χ2n) is 4.15. The largest absolute Gasteiger partial charge is 0.497 e. The maximum Gasteiger partial charge on any atom is 0.352 e. The normalized spacial score (nSPS) is 15.1. The molecule has 1 heterocycles. The first-order valence-electron chi connectivity index (χ1n) is 5.84. The fraction of sp³-hybridized carbons (Fsp3) is 0.308. The van der Waals surface area contributed by atoms with Crippen molar-refractivity contribution in [1.29, 1.82) is 0 Å². The van der Waals surface area contributed by atoms with Crippen LogP contribution in [0.1, 0.15) is 18.4 Å². The molecular weight excluding hydrogens is 248 g/mol. The summed E-state index contributed by atoms with van der Waals surface area (Å²) in [6, 6.07) is 7.20. The number of amides is 1. The Morgan fingerprint density at radius 2 is 2.05 bits per heavy atom. The summed E-state index contributed by atoms with van der Waals surface area (Å²) in [6.07, 6.45) is 0.370. The fourth-order valence-electron chi connectivity index (χ4n) is 1.78. The number of nitrogens with zero attached hydrogens (tertiary/aromatic N) is 2. The molecule has 0 radical (unpaired) electrons. The summed E-state index contributed by atoms with van der Waals surface area (Å²) in [5, 5.41) is 14.0. The van der Waals surface area contributed by atoms with E-state index < -0.39 is 5.97 Å². The summed E-state index contributed by atoms with van der Waals surface area (Å²) in [5.41, 5.74) is 0.887. The second kappa shape index (κ2) is 5.51. The van der Waals surface area contributed by atoms with E-state index in [4.69, 9.17) is 9.84 Å². The minimum atomic E-state index is -1.08. The summed E-state index contributed by atoms with van der Waals surface area (Å²) in [5.74, 6) is -0.517. The van der Waals surface area contributed by atoms with Gasteiger partial charge >= 0.3 is 5.97 Å². The predicted molar refractivity (Wildman–Crippen MR) is 67.8 cm³/mol. The highest BCUT2D eigenvalue weighted by Crippen LogP contribution is 2.16. The molecule has 0 saturated heterocycles. The number of hydrogen-bond acceptors (Lipinski definition) is 4. The summed E-state index contributed by atoms with van der Waals surface area (Å²) in [7, 11) is 1.58. The molecule has 0 atom stereocenters. The Hall–Kier alpha value is -2.37. The molecular formula is C13H14N2O4. The van der Waals surface area contributed by atoms with Crippen LogP contribution >= 0.6 is 0 Å². The smallest absolute Gasteiger partial charge is 0.352 e. The van der Waals surface area contributed by atoms with Crippen LogP contribution < -0.4 is 4.74 Å². The van der Waals surface area contributed by atoms with Crippen molar-refractivity contribution in [3.63, 3.8) is 0 Å². The highest BCUT2D eigenvalue weighted by atomic mass is 16.5. The van der Waals surface area contributed by atoms with E-state index in [1.54, 1.807) is 19.2 Å². The van der Waals surface area contributed by atoms with Crippen LogP contribution in [0.25, 0.3) is 0 Å². The number of hydrogen-bond donors (Lipinski definition) is 1. The number of carboxylic acids is 1. The van der Waals surface area contributed by atoms with Crippen LogP contribution in [0.3, 0.4) is 0 Å². The van der Waals surface area contributed by atoms with E-state index in [2.05, 4.69) is 5.10 Å². The van der Waals surface area contributed by atoms with E-state index in [-0.39, 0.29) is 31.0 Å². The Morgan fingerprint density at radius 1 is 1.37 bits per heavy atom. The summed E-state index contributed by atoms with van der Waals surface area (Å²) in [6.45, 7) is 0.263. The van der Waals surface area contributed by atoms with E-state index >= 15 is 0 Å². The monoisotopic (exact) mass is 262 g/mol. The molecule has 0 spiro atoms. The Kier molecular flexibility index (Phi) is 3.79. The molecule has 0 saturated carbocycles. The molecule has 1 aliphatic rings. The van der Waals surface area contributed by atoms with Gasteiger partial charge in [-0.15, -0.1) is 0 Å². The molecule has 0 aliphatic carbocycles. The fourth-order valence-corrected chi connectivity index (χ4v) is 1.78. The SMILES string of the molecule is COc1ccc(CN2N=C(C(=O)O)CCC2=O)cc1. The maximum absolute atomic E-state index is 11.7. The van der Waals surface area contributed by atoms with Crippen molar-refractivity contribution >= 4 is 17.6 Å². The Bertz CT molecular complexity index is 522. The standard InChI is InChI=1S/C13H14N2O4/c1-19-10-4-2-9(3-5-10)8-15-12(16)7-6-11(14-15)13(17)18/h2-5H,6-8H2,1H3,(H,17,18). The first-order chi connectivity index (χ1) is 9.10. The summed E-state index contributed by atoms with van der Waals surface area (Å²) < 4.78 is 5.04. The molecule has 0 unspecified atom stereocenters. The average Bonchev–Trinajstić information content (AvgIpc) is 2.42. The van der Waals surface area contributed by atoms with E-state index in [0.717, 1.165) is 11.3 Å².